The topological polar surface area (TPSA) is 102 Å². The van der Waals surface area contributed by atoms with Gasteiger partial charge in [-0.1, -0.05) is 47.5 Å². The highest BCUT2D eigenvalue weighted by atomic mass is 35.5. The lowest BCUT2D eigenvalue weighted by molar-refractivity contribution is -0.116. The Morgan fingerprint density at radius 1 is 1.03 bits per heavy atom. The van der Waals surface area contributed by atoms with Crippen LogP contribution in [0.15, 0.2) is 64.3 Å². The summed E-state index contributed by atoms with van der Waals surface area (Å²) in [7, 11) is 0. The van der Waals surface area contributed by atoms with Crippen molar-refractivity contribution in [2.24, 2.45) is 0 Å². The molecular formula is C21H17Cl2N5O3. The van der Waals surface area contributed by atoms with Crippen LogP contribution < -0.4 is 16.4 Å². The number of halogens is 2. The lowest BCUT2D eigenvalue weighted by Gasteiger charge is -2.11. The molecule has 10 heteroatoms. The van der Waals surface area contributed by atoms with Gasteiger partial charge in [-0.3, -0.25) is 19.5 Å². The van der Waals surface area contributed by atoms with Crippen LogP contribution in [-0.4, -0.2) is 25.5 Å². The summed E-state index contributed by atoms with van der Waals surface area (Å²) in [6.45, 7) is 0.346. The van der Waals surface area contributed by atoms with Crippen molar-refractivity contribution < 1.29 is 4.79 Å². The van der Waals surface area contributed by atoms with Gasteiger partial charge in [-0.25, -0.2) is 9.36 Å². The number of carbonyl (C=O) groups is 1. The summed E-state index contributed by atoms with van der Waals surface area (Å²) in [6.07, 6.45) is 1.54. The Labute approximate surface area is 186 Å². The molecule has 4 rings (SSSR count). The molecule has 2 N–H and O–H groups in total. The Balaban J connectivity index is 1.46. The summed E-state index contributed by atoms with van der Waals surface area (Å²) in [5.74, 6) is 0.139. The SMILES string of the molecule is O=C(CCn1[nH]c(=O)c2ccccc2c1=O)Nc1ccnn1Cc1cccc(Cl)c1Cl. The van der Waals surface area contributed by atoms with Crippen molar-refractivity contribution in [1.82, 2.24) is 19.6 Å². The Bertz CT molecular complexity index is 1390. The molecule has 2 aromatic carbocycles. The van der Waals surface area contributed by atoms with E-state index in [9.17, 15) is 14.4 Å². The molecule has 1 amide bonds. The first kappa shape index (κ1) is 20.9. The third kappa shape index (κ3) is 4.40. The molecule has 0 atom stereocenters. The van der Waals surface area contributed by atoms with Crippen molar-refractivity contribution in [2.75, 3.05) is 5.32 Å². The fraction of sp³-hybridized carbons (Fsp3) is 0.143. The minimum absolute atomic E-state index is 0.0166. The quantitative estimate of drug-likeness (QED) is 0.463. The minimum atomic E-state index is -0.382. The Morgan fingerprint density at radius 2 is 1.81 bits per heavy atom. The van der Waals surface area contributed by atoms with Crippen LogP contribution >= 0.6 is 23.2 Å². The number of carbonyl (C=O) groups excluding carboxylic acids is 1. The maximum Gasteiger partial charge on any atom is 0.273 e. The fourth-order valence-corrected chi connectivity index (χ4v) is 3.60. The van der Waals surface area contributed by atoms with Crippen LogP contribution in [-0.2, 0) is 17.9 Å². The first-order valence-electron chi connectivity index (χ1n) is 9.40. The van der Waals surface area contributed by atoms with Crippen molar-refractivity contribution in [2.45, 2.75) is 19.5 Å². The largest absolute Gasteiger partial charge is 0.311 e. The first-order valence-corrected chi connectivity index (χ1v) is 10.2. The number of nitrogens with zero attached hydrogens (tertiary/aromatic N) is 3. The van der Waals surface area contributed by atoms with E-state index in [1.54, 1.807) is 53.3 Å². The fourth-order valence-electron chi connectivity index (χ4n) is 3.22. The van der Waals surface area contributed by atoms with Gasteiger partial charge in [0.2, 0.25) is 5.91 Å². The number of aromatic amines is 1. The molecule has 31 heavy (non-hydrogen) atoms. The van der Waals surface area contributed by atoms with Crippen LogP contribution in [0.2, 0.25) is 10.0 Å². The number of amides is 1. The van der Waals surface area contributed by atoms with E-state index in [0.717, 1.165) is 10.2 Å². The zero-order valence-electron chi connectivity index (χ0n) is 16.1. The lowest BCUT2D eigenvalue weighted by atomic mass is 10.2. The second-order valence-corrected chi connectivity index (χ2v) is 7.61. The van der Waals surface area contributed by atoms with Crippen molar-refractivity contribution in [3.63, 3.8) is 0 Å². The smallest absolute Gasteiger partial charge is 0.273 e. The van der Waals surface area contributed by atoms with E-state index < -0.39 is 0 Å². The number of fused-ring (bicyclic) bond motifs is 1. The molecule has 0 saturated carbocycles. The predicted molar refractivity (Wildman–Crippen MR) is 120 cm³/mol. The van der Waals surface area contributed by atoms with Gasteiger partial charge in [0, 0.05) is 12.5 Å². The van der Waals surface area contributed by atoms with E-state index in [2.05, 4.69) is 15.5 Å². The molecule has 0 radical (unpaired) electrons. The molecule has 0 aliphatic heterocycles. The minimum Gasteiger partial charge on any atom is -0.311 e. The maximum absolute atomic E-state index is 12.6. The molecule has 158 valence electrons. The van der Waals surface area contributed by atoms with Crippen molar-refractivity contribution in [3.05, 3.63) is 91.0 Å². The number of nitrogens with one attached hydrogen (secondary N) is 2. The second-order valence-electron chi connectivity index (χ2n) is 6.83. The van der Waals surface area contributed by atoms with Gasteiger partial charge in [0.05, 0.1) is 40.1 Å². The van der Waals surface area contributed by atoms with E-state index in [4.69, 9.17) is 23.2 Å². The third-order valence-electron chi connectivity index (χ3n) is 4.78. The van der Waals surface area contributed by atoms with Crippen molar-refractivity contribution in [3.8, 4) is 0 Å². The molecule has 0 aliphatic rings. The maximum atomic E-state index is 12.6. The number of H-pyrrole nitrogens is 1. The Kier molecular flexibility index (Phi) is 5.92. The van der Waals surface area contributed by atoms with Crippen LogP contribution in [0.3, 0.4) is 0 Å². The Hall–Kier alpha value is -3.36. The van der Waals surface area contributed by atoms with E-state index in [1.165, 1.54) is 0 Å². The predicted octanol–water partition coefficient (Wildman–Crippen LogP) is 3.27. The summed E-state index contributed by atoms with van der Waals surface area (Å²) in [5, 5.41) is 11.0. The van der Waals surface area contributed by atoms with Gasteiger partial charge in [-0.05, 0) is 23.8 Å². The zero-order chi connectivity index (χ0) is 22.0. The van der Waals surface area contributed by atoms with E-state index in [0.29, 0.717) is 33.2 Å². The van der Waals surface area contributed by atoms with Gasteiger partial charge in [0.15, 0.2) is 0 Å². The van der Waals surface area contributed by atoms with Crippen LogP contribution in [0.25, 0.3) is 10.8 Å². The molecule has 0 bridgehead atoms. The second kappa shape index (κ2) is 8.79. The van der Waals surface area contributed by atoms with Gasteiger partial charge >= 0.3 is 0 Å². The molecule has 8 nitrogen and oxygen atoms in total. The highest BCUT2D eigenvalue weighted by molar-refractivity contribution is 6.42. The highest BCUT2D eigenvalue weighted by Crippen LogP contribution is 2.26. The van der Waals surface area contributed by atoms with Gasteiger partial charge < -0.3 is 5.32 Å². The third-order valence-corrected chi connectivity index (χ3v) is 5.64. The van der Waals surface area contributed by atoms with Crippen LogP contribution in [0.5, 0.6) is 0 Å². The normalized spacial score (nSPS) is 11.0. The van der Waals surface area contributed by atoms with Crippen molar-refractivity contribution in [1.29, 1.82) is 0 Å². The average molecular weight is 458 g/mol. The lowest BCUT2D eigenvalue weighted by Crippen LogP contribution is -2.31. The molecular weight excluding hydrogens is 441 g/mol. The molecule has 0 unspecified atom stereocenters. The molecule has 0 aliphatic carbocycles. The summed E-state index contributed by atoms with van der Waals surface area (Å²) < 4.78 is 2.73. The zero-order valence-corrected chi connectivity index (χ0v) is 17.7. The summed E-state index contributed by atoms with van der Waals surface area (Å²) in [6, 6.07) is 13.5. The van der Waals surface area contributed by atoms with Crippen LogP contribution in [0, 0.1) is 0 Å². The van der Waals surface area contributed by atoms with Gasteiger partial charge in [0.1, 0.15) is 5.82 Å². The number of hydrogen-bond acceptors (Lipinski definition) is 4. The van der Waals surface area contributed by atoms with Gasteiger partial charge in [0.25, 0.3) is 11.1 Å². The Morgan fingerprint density at radius 3 is 2.61 bits per heavy atom. The van der Waals surface area contributed by atoms with Gasteiger partial charge in [-0.2, -0.15) is 5.10 Å². The molecule has 4 aromatic rings. The van der Waals surface area contributed by atoms with Crippen LogP contribution in [0.1, 0.15) is 12.0 Å². The van der Waals surface area contributed by atoms with Crippen LogP contribution in [0.4, 0.5) is 5.82 Å². The molecule has 2 heterocycles. The summed E-state index contributed by atoms with van der Waals surface area (Å²) in [5.41, 5.74) is 0.0179. The average Bonchev–Trinajstić information content (AvgIpc) is 3.19. The van der Waals surface area contributed by atoms with E-state index in [-0.39, 0.29) is 30.0 Å². The first-order chi connectivity index (χ1) is 14.9. The molecule has 2 aromatic heterocycles. The number of anilines is 1. The number of aryl methyl sites for hydroxylation is 1. The van der Waals surface area contributed by atoms with E-state index >= 15 is 0 Å². The highest BCUT2D eigenvalue weighted by Gasteiger charge is 2.12. The monoisotopic (exact) mass is 457 g/mol. The number of aromatic nitrogens is 4. The van der Waals surface area contributed by atoms with E-state index in [1.807, 2.05) is 6.07 Å². The number of benzene rings is 2. The molecule has 0 fully saturated rings. The van der Waals surface area contributed by atoms with Gasteiger partial charge in [-0.15, -0.1) is 0 Å². The number of rotatable bonds is 6. The molecule has 0 spiro atoms. The molecule has 0 saturated heterocycles. The summed E-state index contributed by atoms with van der Waals surface area (Å²) >= 11 is 12.3. The number of hydrogen-bond donors (Lipinski definition) is 2. The van der Waals surface area contributed by atoms with Crippen molar-refractivity contribution >= 4 is 45.7 Å². The summed E-state index contributed by atoms with van der Waals surface area (Å²) in [4.78, 5) is 37.2. The standard InChI is InChI=1S/C21H17Cl2N5O3/c22-16-7-3-4-13(19(16)23)12-28-17(8-10-24-28)25-18(29)9-11-27-21(31)15-6-2-1-5-14(15)20(30)26-27/h1-8,10H,9,11-12H2,(H,25,29)(H,26,30).